The Kier molecular flexibility index (Phi) is 2.86. The lowest BCUT2D eigenvalue weighted by Gasteiger charge is -1.99. The number of nitro groups is 1. The zero-order chi connectivity index (χ0) is 12.3. The average Bonchev–Trinajstić information content (AvgIpc) is 2.74. The van der Waals surface area contributed by atoms with Crippen molar-refractivity contribution in [2.45, 2.75) is 6.42 Å². The molecule has 2 aromatic heterocycles. The van der Waals surface area contributed by atoms with E-state index < -0.39 is 10.6 Å². The Morgan fingerprint density at radius 3 is 3.00 bits per heavy atom. The van der Waals surface area contributed by atoms with Gasteiger partial charge < -0.3 is 4.42 Å². The summed E-state index contributed by atoms with van der Waals surface area (Å²) in [6.45, 7) is 0. The minimum Gasteiger partial charge on any atom is -0.469 e. The van der Waals surface area contributed by atoms with E-state index in [0.717, 1.165) is 0 Å². The SMILES string of the molecule is O=c1[nH]c(N[N+](=O)[O-])ncc1Cc1ccco1. The fourth-order valence-corrected chi connectivity index (χ4v) is 1.29. The molecule has 0 fully saturated rings. The molecule has 0 aliphatic heterocycles. The van der Waals surface area contributed by atoms with Crippen LogP contribution in [0.15, 0.2) is 33.8 Å². The maximum atomic E-state index is 11.5. The quantitative estimate of drug-likeness (QED) is 0.592. The smallest absolute Gasteiger partial charge is 0.265 e. The van der Waals surface area contributed by atoms with Gasteiger partial charge in [-0.2, -0.15) is 0 Å². The van der Waals surface area contributed by atoms with E-state index in [1.807, 2.05) is 0 Å². The topological polar surface area (TPSA) is 114 Å². The lowest BCUT2D eigenvalue weighted by Crippen LogP contribution is -2.19. The van der Waals surface area contributed by atoms with E-state index >= 15 is 0 Å². The highest BCUT2D eigenvalue weighted by Gasteiger charge is 2.07. The van der Waals surface area contributed by atoms with Crippen LogP contribution in [0.4, 0.5) is 5.95 Å². The van der Waals surface area contributed by atoms with Crippen molar-refractivity contribution in [3.63, 3.8) is 0 Å². The number of hydrogen-bond donors (Lipinski definition) is 2. The Hall–Kier alpha value is -2.64. The van der Waals surface area contributed by atoms with Gasteiger partial charge in [-0.05, 0) is 12.1 Å². The fraction of sp³-hybridized carbons (Fsp3) is 0.111. The van der Waals surface area contributed by atoms with Crippen molar-refractivity contribution < 1.29 is 9.45 Å². The first kappa shape index (κ1) is 10.9. The van der Waals surface area contributed by atoms with E-state index in [9.17, 15) is 14.9 Å². The molecule has 0 saturated carbocycles. The Labute approximate surface area is 94.4 Å². The monoisotopic (exact) mass is 236 g/mol. The van der Waals surface area contributed by atoms with E-state index in [1.54, 1.807) is 17.6 Å². The Bertz CT molecular complexity index is 575. The molecule has 0 saturated heterocycles. The zero-order valence-corrected chi connectivity index (χ0v) is 8.54. The molecule has 0 aromatic carbocycles. The second-order valence-electron chi connectivity index (χ2n) is 3.21. The van der Waals surface area contributed by atoms with Gasteiger partial charge in [-0.25, -0.2) is 15.1 Å². The molecule has 2 heterocycles. The third kappa shape index (κ3) is 2.68. The molecule has 8 heteroatoms. The minimum atomic E-state index is -0.801. The average molecular weight is 236 g/mol. The van der Waals surface area contributed by atoms with Crippen molar-refractivity contribution in [1.29, 1.82) is 0 Å². The molecule has 0 bridgehead atoms. The van der Waals surface area contributed by atoms with Gasteiger partial charge >= 0.3 is 0 Å². The molecule has 88 valence electrons. The van der Waals surface area contributed by atoms with Crippen LogP contribution in [0.25, 0.3) is 0 Å². The number of nitrogens with zero attached hydrogens (tertiary/aromatic N) is 2. The molecule has 8 nitrogen and oxygen atoms in total. The van der Waals surface area contributed by atoms with Gasteiger partial charge in [-0.15, -0.1) is 0 Å². The summed E-state index contributed by atoms with van der Waals surface area (Å²) in [4.78, 5) is 27.7. The summed E-state index contributed by atoms with van der Waals surface area (Å²) in [6.07, 6.45) is 3.06. The summed E-state index contributed by atoms with van der Waals surface area (Å²) in [5.41, 5.74) is 1.69. The number of hydrazine groups is 1. The van der Waals surface area contributed by atoms with Crippen LogP contribution < -0.4 is 11.0 Å². The van der Waals surface area contributed by atoms with Crippen molar-refractivity contribution in [1.82, 2.24) is 9.97 Å². The van der Waals surface area contributed by atoms with E-state index in [-0.39, 0.29) is 12.4 Å². The van der Waals surface area contributed by atoms with E-state index in [1.165, 1.54) is 12.5 Å². The summed E-state index contributed by atoms with van der Waals surface area (Å²) >= 11 is 0. The fourth-order valence-electron chi connectivity index (χ4n) is 1.29. The molecule has 17 heavy (non-hydrogen) atoms. The molecular formula is C9H8N4O4. The standard InChI is InChI=1S/C9H8N4O4/c14-8-6(4-7-2-1-3-17-7)5-10-9(11-8)12-13(15)16/h1-3,5H,4H2,(H2,10,11,12,14). The number of hydrogen-bond acceptors (Lipinski definition) is 5. The van der Waals surface area contributed by atoms with Crippen LogP contribution in [-0.4, -0.2) is 15.0 Å². The van der Waals surface area contributed by atoms with E-state index in [2.05, 4.69) is 9.97 Å². The van der Waals surface area contributed by atoms with Crippen molar-refractivity contribution in [3.05, 3.63) is 56.4 Å². The van der Waals surface area contributed by atoms with Crippen LogP contribution in [0.5, 0.6) is 0 Å². The first-order valence-electron chi connectivity index (χ1n) is 4.67. The summed E-state index contributed by atoms with van der Waals surface area (Å²) in [6, 6.07) is 3.43. The van der Waals surface area contributed by atoms with Gasteiger partial charge in [0.05, 0.1) is 6.26 Å². The highest BCUT2D eigenvalue weighted by atomic mass is 16.7. The summed E-state index contributed by atoms with van der Waals surface area (Å²) in [5, 5.41) is 9.34. The lowest BCUT2D eigenvalue weighted by molar-refractivity contribution is -0.446. The number of rotatable bonds is 4. The molecule has 0 unspecified atom stereocenters. The van der Waals surface area contributed by atoms with Crippen LogP contribution in [0.1, 0.15) is 11.3 Å². The predicted octanol–water partition coefficient (Wildman–Crippen LogP) is 0.557. The zero-order valence-electron chi connectivity index (χ0n) is 8.54. The number of furan rings is 1. The molecule has 0 amide bonds. The third-order valence-corrected chi connectivity index (χ3v) is 2.02. The minimum absolute atomic E-state index is 0.205. The number of H-pyrrole nitrogens is 1. The molecule has 0 aliphatic rings. The maximum absolute atomic E-state index is 11.5. The molecule has 2 N–H and O–H groups in total. The van der Waals surface area contributed by atoms with E-state index in [4.69, 9.17) is 4.42 Å². The largest absolute Gasteiger partial charge is 0.469 e. The van der Waals surface area contributed by atoms with Crippen molar-refractivity contribution >= 4 is 5.95 Å². The van der Waals surface area contributed by atoms with Crippen LogP contribution in [-0.2, 0) is 6.42 Å². The highest BCUT2D eigenvalue weighted by Crippen LogP contribution is 2.06. The van der Waals surface area contributed by atoms with Gasteiger partial charge in [0.15, 0.2) is 5.03 Å². The molecule has 0 radical (unpaired) electrons. The van der Waals surface area contributed by atoms with Crippen LogP contribution in [0, 0.1) is 10.1 Å². The van der Waals surface area contributed by atoms with Gasteiger partial charge in [0, 0.05) is 18.2 Å². The molecule has 2 aromatic rings. The molecule has 2 rings (SSSR count). The molecule has 0 atom stereocenters. The van der Waals surface area contributed by atoms with Gasteiger partial charge in [-0.3, -0.25) is 9.78 Å². The Morgan fingerprint density at radius 1 is 1.59 bits per heavy atom. The van der Waals surface area contributed by atoms with Gasteiger partial charge in [0.25, 0.3) is 11.5 Å². The predicted molar refractivity (Wildman–Crippen MR) is 57.0 cm³/mol. The first-order chi connectivity index (χ1) is 8.15. The summed E-state index contributed by atoms with van der Waals surface area (Å²) in [7, 11) is 0. The number of aromatic amines is 1. The molecule has 0 aliphatic carbocycles. The number of nitrogens with one attached hydrogen (secondary N) is 2. The molecular weight excluding hydrogens is 228 g/mol. The normalized spacial score (nSPS) is 10.1. The summed E-state index contributed by atoms with van der Waals surface area (Å²) < 4.78 is 5.08. The van der Waals surface area contributed by atoms with E-state index in [0.29, 0.717) is 11.3 Å². The Balaban J connectivity index is 2.20. The highest BCUT2D eigenvalue weighted by molar-refractivity contribution is 5.23. The number of anilines is 1. The van der Waals surface area contributed by atoms with Crippen molar-refractivity contribution in [2.75, 3.05) is 5.43 Å². The second kappa shape index (κ2) is 4.47. The van der Waals surface area contributed by atoms with Gasteiger partial charge in [-0.1, -0.05) is 5.43 Å². The first-order valence-corrected chi connectivity index (χ1v) is 4.67. The lowest BCUT2D eigenvalue weighted by atomic mass is 10.2. The molecule has 0 spiro atoms. The van der Waals surface area contributed by atoms with Crippen molar-refractivity contribution in [2.24, 2.45) is 0 Å². The maximum Gasteiger partial charge on any atom is 0.265 e. The van der Waals surface area contributed by atoms with Crippen LogP contribution in [0.3, 0.4) is 0 Å². The number of aromatic nitrogens is 2. The van der Waals surface area contributed by atoms with Gasteiger partial charge in [0.1, 0.15) is 5.76 Å². The van der Waals surface area contributed by atoms with Crippen LogP contribution in [0.2, 0.25) is 0 Å². The van der Waals surface area contributed by atoms with Gasteiger partial charge in [0.2, 0.25) is 0 Å². The van der Waals surface area contributed by atoms with Crippen molar-refractivity contribution in [3.8, 4) is 0 Å². The Morgan fingerprint density at radius 2 is 2.41 bits per heavy atom. The summed E-state index contributed by atoms with van der Waals surface area (Å²) in [5.74, 6) is 0.412. The second-order valence-corrected chi connectivity index (χ2v) is 3.21. The third-order valence-electron chi connectivity index (χ3n) is 2.02. The van der Waals surface area contributed by atoms with Crippen LogP contribution >= 0.6 is 0 Å².